The number of amides is 4. The van der Waals surface area contributed by atoms with Gasteiger partial charge in [-0.3, -0.25) is 29.0 Å². The summed E-state index contributed by atoms with van der Waals surface area (Å²) in [5.74, 6) is -1.05. The van der Waals surface area contributed by atoms with Crippen molar-refractivity contribution in [3.05, 3.63) is 143 Å². The maximum absolute atomic E-state index is 14.0. The van der Waals surface area contributed by atoms with Gasteiger partial charge in [-0.2, -0.15) is 0 Å². The molecule has 9 rings (SSSR count). The molecule has 0 spiro atoms. The molecule has 7 aromatic carbocycles. The topological polar surface area (TPSA) is 74.8 Å². The molecule has 0 atom stereocenters. The number of hydrogen-bond acceptors (Lipinski definition) is 4. The Morgan fingerprint density at radius 3 is 1.38 bits per heavy atom. The van der Waals surface area contributed by atoms with Crippen molar-refractivity contribution in [2.75, 3.05) is 13.1 Å². The van der Waals surface area contributed by atoms with Gasteiger partial charge < -0.3 is 0 Å². The molecule has 2 aliphatic heterocycles. The Kier molecular flexibility index (Phi) is 6.03. The minimum Gasteiger partial charge on any atom is -0.278 e. The molecule has 47 heavy (non-hydrogen) atoms. The van der Waals surface area contributed by atoms with Gasteiger partial charge in [0.1, 0.15) is 0 Å². The van der Waals surface area contributed by atoms with E-state index in [0.717, 1.165) is 54.4 Å². The molecule has 226 valence electrons. The SMILES string of the molecule is O=C1Cc2ccc3c4ccc5c6c(ccc(c7ccc(c2c37)C(=O)N1CCc1ccccc1)c64)C(=O)N(CCc1ccccc1)C5=O. The molecule has 0 aromatic heterocycles. The summed E-state index contributed by atoms with van der Waals surface area (Å²) in [5, 5.41) is 6.99. The zero-order chi connectivity index (χ0) is 31.8. The maximum atomic E-state index is 14.0. The molecule has 0 fully saturated rings. The second-order valence-electron chi connectivity index (χ2n) is 12.5. The second-order valence-corrected chi connectivity index (χ2v) is 12.5. The highest BCUT2D eigenvalue weighted by Crippen LogP contribution is 2.45. The van der Waals surface area contributed by atoms with E-state index in [0.29, 0.717) is 48.0 Å². The third kappa shape index (κ3) is 4.04. The number of carbonyl (C=O) groups excluding carboxylic acids is 4. The zero-order valence-corrected chi connectivity index (χ0v) is 25.5. The van der Waals surface area contributed by atoms with Gasteiger partial charge in [-0.05, 0) is 85.4 Å². The molecule has 0 saturated heterocycles. The molecular formula is C41H28N2O4. The van der Waals surface area contributed by atoms with Gasteiger partial charge in [-0.1, -0.05) is 91.0 Å². The van der Waals surface area contributed by atoms with E-state index in [1.807, 2.05) is 109 Å². The van der Waals surface area contributed by atoms with E-state index in [1.165, 1.54) is 9.80 Å². The minimum absolute atomic E-state index is 0.135. The molecule has 0 radical (unpaired) electrons. The Morgan fingerprint density at radius 2 is 0.851 bits per heavy atom. The lowest BCUT2D eigenvalue weighted by molar-refractivity contribution is -0.127. The van der Waals surface area contributed by atoms with Crippen LogP contribution in [0.4, 0.5) is 0 Å². The number of rotatable bonds is 6. The Balaban J connectivity index is 1.19. The van der Waals surface area contributed by atoms with Gasteiger partial charge in [0.25, 0.3) is 17.7 Å². The standard InChI is InChI=1S/C41H28N2O4/c44-34-23-26-11-12-27-29-14-17-32-38-33(41(47)43(40(32)46)22-20-25-9-5-2-6-10-25)18-15-30(37(29)38)28-13-16-31(35(26)36(27)28)39(45)42(34)21-19-24-7-3-1-4-8-24/h1-18H,19-23H2. The monoisotopic (exact) mass is 612 g/mol. The normalized spacial score (nSPS) is 14.7. The fraction of sp³-hybridized carbons (Fsp3) is 0.122. The summed E-state index contributed by atoms with van der Waals surface area (Å²) in [6, 6.07) is 35.1. The lowest BCUT2D eigenvalue weighted by Crippen LogP contribution is -2.41. The second kappa shape index (κ2) is 10.3. The van der Waals surface area contributed by atoms with E-state index in [-0.39, 0.29) is 30.0 Å². The Labute approximate surface area is 270 Å². The van der Waals surface area contributed by atoms with Crippen LogP contribution in [0, 0.1) is 0 Å². The van der Waals surface area contributed by atoms with E-state index in [9.17, 15) is 19.2 Å². The summed E-state index contributed by atoms with van der Waals surface area (Å²) in [7, 11) is 0. The van der Waals surface area contributed by atoms with Crippen molar-refractivity contribution >= 4 is 66.7 Å². The first-order valence-electron chi connectivity index (χ1n) is 16.0. The molecule has 0 aliphatic carbocycles. The Bertz CT molecular complexity index is 2400. The highest BCUT2D eigenvalue weighted by Gasteiger charge is 2.35. The van der Waals surface area contributed by atoms with E-state index in [2.05, 4.69) is 0 Å². The van der Waals surface area contributed by atoms with Gasteiger partial charge in [0.2, 0.25) is 5.91 Å². The maximum Gasteiger partial charge on any atom is 0.261 e. The van der Waals surface area contributed by atoms with E-state index in [4.69, 9.17) is 0 Å². The van der Waals surface area contributed by atoms with Gasteiger partial charge in [-0.25, -0.2) is 0 Å². The first-order valence-corrected chi connectivity index (χ1v) is 16.0. The molecule has 2 heterocycles. The number of imide groups is 2. The number of fused-ring (bicyclic) bond motifs is 2. The van der Waals surface area contributed by atoms with E-state index in [1.54, 1.807) is 0 Å². The lowest BCUT2D eigenvalue weighted by atomic mass is 9.83. The highest BCUT2D eigenvalue weighted by molar-refractivity contribution is 6.39. The number of carbonyl (C=O) groups is 4. The quantitative estimate of drug-likeness (QED) is 0.112. The summed E-state index contributed by atoms with van der Waals surface area (Å²) in [5.41, 5.74) is 4.53. The Hall–Kier alpha value is -5.88. The lowest BCUT2D eigenvalue weighted by Gasteiger charge is -2.28. The van der Waals surface area contributed by atoms with Gasteiger partial charge in [0, 0.05) is 35.2 Å². The smallest absolute Gasteiger partial charge is 0.261 e. The number of benzene rings is 7. The van der Waals surface area contributed by atoms with Gasteiger partial charge in [0.15, 0.2) is 0 Å². The van der Waals surface area contributed by atoms with Crippen molar-refractivity contribution in [2.24, 2.45) is 0 Å². The van der Waals surface area contributed by atoms with Crippen molar-refractivity contribution in [2.45, 2.75) is 19.3 Å². The largest absolute Gasteiger partial charge is 0.278 e. The fourth-order valence-corrected chi connectivity index (χ4v) is 7.74. The van der Waals surface area contributed by atoms with Crippen molar-refractivity contribution < 1.29 is 19.2 Å². The Morgan fingerprint density at radius 1 is 0.426 bits per heavy atom. The molecule has 6 heteroatoms. The van der Waals surface area contributed by atoms with Crippen LogP contribution in [0.5, 0.6) is 0 Å². The molecule has 0 bridgehead atoms. The first-order chi connectivity index (χ1) is 23.0. The third-order valence-electron chi connectivity index (χ3n) is 9.99. The van der Waals surface area contributed by atoms with Gasteiger partial charge in [-0.15, -0.1) is 0 Å². The molecule has 2 aliphatic rings. The third-order valence-corrected chi connectivity index (χ3v) is 9.99. The van der Waals surface area contributed by atoms with Crippen LogP contribution in [0.2, 0.25) is 0 Å². The van der Waals surface area contributed by atoms with Crippen molar-refractivity contribution in [1.82, 2.24) is 9.80 Å². The summed E-state index contributed by atoms with van der Waals surface area (Å²) in [6.45, 7) is 0.610. The minimum atomic E-state index is -0.283. The van der Waals surface area contributed by atoms with Crippen molar-refractivity contribution in [1.29, 1.82) is 0 Å². The molecule has 6 nitrogen and oxygen atoms in total. The molecule has 4 amide bonds. The molecule has 0 N–H and O–H groups in total. The first kappa shape index (κ1) is 27.4. The van der Waals surface area contributed by atoms with E-state index >= 15 is 0 Å². The molecule has 7 aromatic rings. The predicted molar refractivity (Wildman–Crippen MR) is 183 cm³/mol. The van der Waals surface area contributed by atoms with Crippen molar-refractivity contribution in [3.8, 4) is 0 Å². The van der Waals surface area contributed by atoms with Crippen LogP contribution >= 0.6 is 0 Å². The van der Waals surface area contributed by atoms with Crippen LogP contribution in [0.3, 0.4) is 0 Å². The zero-order valence-electron chi connectivity index (χ0n) is 25.5. The van der Waals surface area contributed by atoms with Crippen LogP contribution < -0.4 is 0 Å². The summed E-state index contributed by atoms with van der Waals surface area (Å²) < 4.78 is 0. The molecule has 0 unspecified atom stereocenters. The average molecular weight is 613 g/mol. The van der Waals surface area contributed by atoms with Crippen LogP contribution in [0.25, 0.3) is 43.1 Å². The van der Waals surface area contributed by atoms with Crippen LogP contribution in [0.15, 0.2) is 109 Å². The summed E-state index contributed by atoms with van der Waals surface area (Å²) in [6.07, 6.45) is 1.30. The average Bonchev–Trinajstić information content (AvgIpc) is 3.20. The molecule has 0 saturated carbocycles. The molecular weight excluding hydrogens is 584 g/mol. The summed E-state index contributed by atoms with van der Waals surface area (Å²) >= 11 is 0. The van der Waals surface area contributed by atoms with Crippen LogP contribution in [-0.2, 0) is 24.1 Å². The highest BCUT2D eigenvalue weighted by atomic mass is 16.2. The van der Waals surface area contributed by atoms with Crippen molar-refractivity contribution in [3.63, 3.8) is 0 Å². The van der Waals surface area contributed by atoms with Gasteiger partial charge >= 0.3 is 0 Å². The van der Waals surface area contributed by atoms with E-state index < -0.39 is 0 Å². The van der Waals surface area contributed by atoms with Gasteiger partial charge in [0.05, 0.1) is 6.42 Å². The number of hydrogen-bond donors (Lipinski definition) is 0. The van der Waals surface area contributed by atoms with Crippen LogP contribution in [0.1, 0.15) is 47.8 Å². The number of nitrogens with zero attached hydrogens (tertiary/aromatic N) is 2. The predicted octanol–water partition coefficient (Wildman–Crippen LogP) is 7.34. The van der Waals surface area contributed by atoms with Crippen LogP contribution in [-0.4, -0.2) is 46.5 Å². The fourth-order valence-electron chi connectivity index (χ4n) is 7.74. The summed E-state index contributed by atoms with van der Waals surface area (Å²) in [4.78, 5) is 58.0.